The van der Waals surface area contributed by atoms with Gasteiger partial charge in [0.05, 0.1) is 16.5 Å². The van der Waals surface area contributed by atoms with Crippen LogP contribution in [0.1, 0.15) is 11.1 Å². The lowest BCUT2D eigenvalue weighted by atomic mass is 10.2. The largest absolute Gasteiger partial charge is 0.489 e. The lowest BCUT2D eigenvalue weighted by molar-refractivity contribution is 0.234. The van der Waals surface area contributed by atoms with E-state index in [0.29, 0.717) is 16.9 Å². The topological polar surface area (TPSA) is 67.2 Å². The Bertz CT molecular complexity index is 779. The summed E-state index contributed by atoms with van der Waals surface area (Å²) in [6, 6.07) is 13.5. The number of sulfone groups is 1. The molecule has 2 aromatic carbocycles. The first-order valence-corrected chi connectivity index (χ1v) is 7.72. The molecule has 0 aliphatic heterocycles. The Labute approximate surface area is 126 Å². The summed E-state index contributed by atoms with van der Waals surface area (Å²) in [6.07, 6.45) is 0. The molecule has 4 nitrogen and oxygen atoms in total. The van der Waals surface area contributed by atoms with Crippen LogP contribution in [0, 0.1) is 11.3 Å². The van der Waals surface area contributed by atoms with E-state index in [4.69, 9.17) is 10.00 Å². The van der Waals surface area contributed by atoms with Crippen LogP contribution in [-0.4, -0.2) is 14.2 Å². The van der Waals surface area contributed by atoms with Crippen molar-refractivity contribution >= 4 is 9.84 Å². The van der Waals surface area contributed by atoms with Crippen molar-refractivity contribution in [1.82, 2.24) is 0 Å². The number of alkyl halides is 2. The summed E-state index contributed by atoms with van der Waals surface area (Å²) in [7, 11) is -4.57. The van der Waals surface area contributed by atoms with Crippen molar-refractivity contribution < 1.29 is 21.9 Å². The Hall–Kier alpha value is -2.46. The lowest BCUT2D eigenvalue weighted by Crippen LogP contribution is -2.11. The van der Waals surface area contributed by atoms with Gasteiger partial charge in [-0.2, -0.15) is 14.0 Å². The Morgan fingerprint density at radius 1 is 1.05 bits per heavy atom. The average Bonchev–Trinajstić information content (AvgIpc) is 2.53. The van der Waals surface area contributed by atoms with Crippen LogP contribution in [0.3, 0.4) is 0 Å². The smallest absolute Gasteiger partial charge is 0.341 e. The highest BCUT2D eigenvalue weighted by Crippen LogP contribution is 2.19. The van der Waals surface area contributed by atoms with E-state index in [1.165, 1.54) is 12.1 Å². The fourth-order valence-electron chi connectivity index (χ4n) is 1.67. The second-order valence-electron chi connectivity index (χ2n) is 4.37. The van der Waals surface area contributed by atoms with Gasteiger partial charge in [0.15, 0.2) is 0 Å². The van der Waals surface area contributed by atoms with Crippen LogP contribution < -0.4 is 4.74 Å². The highest BCUT2D eigenvalue weighted by atomic mass is 32.2. The van der Waals surface area contributed by atoms with E-state index in [9.17, 15) is 17.2 Å². The maximum Gasteiger partial charge on any atom is 0.341 e. The van der Waals surface area contributed by atoms with Crippen LogP contribution >= 0.6 is 0 Å². The molecule has 0 amide bonds. The number of nitrogens with zero attached hydrogens (tertiary/aromatic N) is 1. The molecule has 22 heavy (non-hydrogen) atoms. The fourth-order valence-corrected chi connectivity index (χ4v) is 2.39. The van der Waals surface area contributed by atoms with Gasteiger partial charge in [-0.05, 0) is 42.0 Å². The van der Waals surface area contributed by atoms with Gasteiger partial charge >= 0.3 is 5.76 Å². The van der Waals surface area contributed by atoms with Gasteiger partial charge in [-0.25, -0.2) is 8.42 Å². The molecular weight excluding hydrogens is 312 g/mol. The van der Waals surface area contributed by atoms with E-state index < -0.39 is 20.5 Å². The zero-order chi connectivity index (χ0) is 16.2. The Kier molecular flexibility index (Phi) is 4.73. The molecule has 0 unspecified atom stereocenters. The van der Waals surface area contributed by atoms with Crippen molar-refractivity contribution in [3.8, 4) is 11.8 Å². The van der Waals surface area contributed by atoms with E-state index >= 15 is 0 Å². The highest BCUT2D eigenvalue weighted by Gasteiger charge is 2.26. The van der Waals surface area contributed by atoms with Crippen LogP contribution in [0.15, 0.2) is 53.4 Å². The van der Waals surface area contributed by atoms with Crippen molar-refractivity contribution in [2.75, 3.05) is 0 Å². The summed E-state index contributed by atoms with van der Waals surface area (Å²) in [5, 5.41) is 8.67. The molecule has 0 aromatic heterocycles. The molecule has 0 bridgehead atoms. The van der Waals surface area contributed by atoms with Crippen molar-refractivity contribution in [3.63, 3.8) is 0 Å². The number of benzene rings is 2. The number of hydrogen-bond donors (Lipinski definition) is 0. The molecule has 0 fully saturated rings. The molecule has 0 spiro atoms. The second kappa shape index (κ2) is 6.54. The van der Waals surface area contributed by atoms with Gasteiger partial charge < -0.3 is 4.74 Å². The average molecular weight is 323 g/mol. The summed E-state index contributed by atoms with van der Waals surface area (Å²) in [5.41, 5.74) is 1.14. The Morgan fingerprint density at radius 3 is 2.14 bits per heavy atom. The van der Waals surface area contributed by atoms with Gasteiger partial charge in [-0.15, -0.1) is 0 Å². The summed E-state index contributed by atoms with van der Waals surface area (Å²) in [6.45, 7) is 0.154. The van der Waals surface area contributed by atoms with Gasteiger partial charge in [0.25, 0.3) is 0 Å². The first kappa shape index (κ1) is 15.9. The lowest BCUT2D eigenvalue weighted by Gasteiger charge is -2.07. The Morgan fingerprint density at radius 2 is 1.64 bits per heavy atom. The molecule has 0 aliphatic rings. The van der Waals surface area contributed by atoms with Gasteiger partial charge in [0, 0.05) is 0 Å². The molecule has 0 saturated carbocycles. The van der Waals surface area contributed by atoms with E-state index in [1.807, 2.05) is 6.07 Å². The predicted molar refractivity (Wildman–Crippen MR) is 75.1 cm³/mol. The van der Waals surface area contributed by atoms with Crippen molar-refractivity contribution in [2.45, 2.75) is 17.3 Å². The summed E-state index contributed by atoms with van der Waals surface area (Å²) >= 11 is 0. The minimum absolute atomic E-state index is 0.154. The maximum absolute atomic E-state index is 12.4. The van der Waals surface area contributed by atoms with E-state index in [1.54, 1.807) is 24.3 Å². The molecule has 0 radical (unpaired) electrons. The third-order valence-electron chi connectivity index (χ3n) is 2.88. The molecule has 2 rings (SSSR count). The summed E-state index contributed by atoms with van der Waals surface area (Å²) in [4.78, 5) is -0.426. The second-order valence-corrected chi connectivity index (χ2v) is 6.29. The number of rotatable bonds is 5. The fraction of sp³-hybridized carbons (Fsp3) is 0.133. The van der Waals surface area contributed by atoms with Gasteiger partial charge in [0.2, 0.25) is 9.84 Å². The quantitative estimate of drug-likeness (QED) is 0.848. The predicted octanol–water partition coefficient (Wildman–Crippen LogP) is 3.13. The van der Waals surface area contributed by atoms with Gasteiger partial charge in [-0.1, -0.05) is 12.1 Å². The molecule has 0 N–H and O–H groups in total. The SMILES string of the molecule is N#Cc1ccc(OCc2ccc(S(=O)(=O)C(F)F)cc2)cc1. The van der Waals surface area contributed by atoms with Crippen LogP contribution in [0.4, 0.5) is 8.78 Å². The maximum atomic E-state index is 12.4. The van der Waals surface area contributed by atoms with Crippen LogP contribution in [-0.2, 0) is 16.4 Å². The molecule has 0 saturated heterocycles. The molecular formula is C15H11F2NO3S. The molecule has 0 atom stereocenters. The van der Waals surface area contributed by atoms with E-state index in [0.717, 1.165) is 12.1 Å². The van der Waals surface area contributed by atoms with Gasteiger partial charge in [-0.3, -0.25) is 0 Å². The highest BCUT2D eigenvalue weighted by molar-refractivity contribution is 7.91. The third kappa shape index (κ3) is 3.59. The van der Waals surface area contributed by atoms with Crippen LogP contribution in [0.5, 0.6) is 5.75 Å². The number of halogens is 2. The zero-order valence-corrected chi connectivity index (χ0v) is 12.1. The molecule has 2 aromatic rings. The molecule has 0 heterocycles. The van der Waals surface area contributed by atoms with Gasteiger partial charge in [0.1, 0.15) is 12.4 Å². The zero-order valence-electron chi connectivity index (χ0n) is 11.2. The monoisotopic (exact) mass is 323 g/mol. The Balaban J connectivity index is 2.04. The minimum atomic E-state index is -4.57. The van der Waals surface area contributed by atoms with Crippen LogP contribution in [0.2, 0.25) is 0 Å². The third-order valence-corrected chi connectivity index (χ3v) is 4.27. The standard InChI is InChI=1S/C15H11F2NO3S/c16-15(17)22(19,20)14-7-3-12(4-8-14)10-21-13-5-1-11(9-18)2-6-13/h1-8,15H,10H2. The molecule has 114 valence electrons. The molecule has 7 heteroatoms. The van der Waals surface area contributed by atoms with Crippen LogP contribution in [0.25, 0.3) is 0 Å². The first-order chi connectivity index (χ1) is 10.4. The van der Waals surface area contributed by atoms with E-state index in [-0.39, 0.29) is 6.61 Å². The summed E-state index contributed by atoms with van der Waals surface area (Å²) in [5.74, 6) is -2.89. The summed E-state index contributed by atoms with van der Waals surface area (Å²) < 4.78 is 52.8. The van der Waals surface area contributed by atoms with Crippen molar-refractivity contribution in [1.29, 1.82) is 5.26 Å². The first-order valence-electron chi connectivity index (χ1n) is 6.17. The normalized spacial score (nSPS) is 11.2. The number of ether oxygens (including phenoxy) is 1. The minimum Gasteiger partial charge on any atom is -0.489 e. The van der Waals surface area contributed by atoms with Crippen molar-refractivity contribution in [2.24, 2.45) is 0 Å². The van der Waals surface area contributed by atoms with E-state index in [2.05, 4.69) is 0 Å². The number of nitriles is 1. The number of hydrogen-bond acceptors (Lipinski definition) is 4. The molecule has 0 aliphatic carbocycles. The van der Waals surface area contributed by atoms with Crippen molar-refractivity contribution in [3.05, 3.63) is 59.7 Å².